The summed E-state index contributed by atoms with van der Waals surface area (Å²) in [5, 5.41) is 4.98. The van der Waals surface area contributed by atoms with Gasteiger partial charge >= 0.3 is 0 Å². The van der Waals surface area contributed by atoms with Crippen LogP contribution in [-0.2, 0) is 0 Å². The second-order valence-electron chi connectivity index (χ2n) is 12.4. The average Bonchev–Trinajstić information content (AvgIpc) is 3.75. The van der Waals surface area contributed by atoms with Gasteiger partial charge in [0.2, 0.25) is 0 Å². The first kappa shape index (κ1) is 28.6. The highest BCUT2D eigenvalue weighted by Crippen LogP contribution is 2.44. The van der Waals surface area contributed by atoms with Crippen molar-refractivity contribution in [2.24, 2.45) is 0 Å². The first-order chi connectivity index (χ1) is 24.8. The van der Waals surface area contributed by atoms with E-state index in [2.05, 4.69) is 138 Å². The first-order valence-corrected chi connectivity index (χ1v) is 17.5. The van der Waals surface area contributed by atoms with E-state index in [-0.39, 0.29) is 0 Å². The summed E-state index contributed by atoms with van der Waals surface area (Å²) in [5.74, 6) is 1.91. The van der Waals surface area contributed by atoms with Crippen LogP contribution >= 0.6 is 11.3 Å². The summed E-state index contributed by atoms with van der Waals surface area (Å²) in [6.45, 7) is 0. The molecule has 10 aromatic rings. The molecule has 3 heterocycles. The van der Waals surface area contributed by atoms with E-state index in [1.165, 1.54) is 36.5 Å². The van der Waals surface area contributed by atoms with Gasteiger partial charge in [-0.05, 0) is 35.4 Å². The van der Waals surface area contributed by atoms with Crippen LogP contribution in [0.25, 0.3) is 93.0 Å². The Hall–Kier alpha value is -6.43. The van der Waals surface area contributed by atoms with E-state index in [9.17, 15) is 0 Å². The lowest BCUT2D eigenvalue weighted by molar-refractivity contribution is 1.06. The number of fused-ring (bicyclic) bond motifs is 7. The fourth-order valence-corrected chi connectivity index (χ4v) is 8.37. The zero-order valence-corrected chi connectivity index (χ0v) is 27.7. The lowest BCUT2D eigenvalue weighted by atomic mass is 10.0. The number of hydrogen-bond donors (Lipinski definition) is 0. The summed E-state index contributed by atoms with van der Waals surface area (Å²) < 4.78 is 4.99. The Bertz CT molecular complexity index is 2800. The van der Waals surface area contributed by atoms with Gasteiger partial charge in [0.25, 0.3) is 0 Å². The molecule has 0 radical (unpaired) electrons. The summed E-state index contributed by atoms with van der Waals surface area (Å²) in [6.07, 6.45) is 0. The average molecular weight is 657 g/mol. The van der Waals surface area contributed by atoms with Gasteiger partial charge in [-0.25, -0.2) is 15.0 Å². The van der Waals surface area contributed by atoms with Crippen molar-refractivity contribution in [1.82, 2.24) is 19.5 Å². The van der Waals surface area contributed by atoms with E-state index in [0.717, 1.165) is 39.0 Å². The van der Waals surface area contributed by atoms with Crippen molar-refractivity contribution < 1.29 is 0 Å². The van der Waals surface area contributed by atoms with Crippen LogP contribution in [-0.4, -0.2) is 19.5 Å². The quantitative estimate of drug-likeness (QED) is 0.185. The number of rotatable bonds is 5. The number of thiophene rings is 1. The molecule has 0 saturated carbocycles. The van der Waals surface area contributed by atoms with Gasteiger partial charge in [-0.15, -0.1) is 11.3 Å². The van der Waals surface area contributed by atoms with E-state index in [0.29, 0.717) is 17.5 Å². The van der Waals surface area contributed by atoms with Crippen molar-refractivity contribution in [3.8, 4) is 51.0 Å². The fourth-order valence-electron chi connectivity index (χ4n) is 7.13. The molecular weight excluding hydrogens is 629 g/mol. The van der Waals surface area contributed by atoms with Gasteiger partial charge in [0.15, 0.2) is 17.5 Å². The minimum absolute atomic E-state index is 0.627. The van der Waals surface area contributed by atoms with Crippen LogP contribution in [0.2, 0.25) is 0 Å². The van der Waals surface area contributed by atoms with Crippen LogP contribution in [0.1, 0.15) is 0 Å². The minimum atomic E-state index is 0.627. The molecule has 7 aromatic carbocycles. The summed E-state index contributed by atoms with van der Waals surface area (Å²) in [7, 11) is 0. The lowest BCUT2D eigenvalue weighted by Crippen LogP contribution is -2.04. The van der Waals surface area contributed by atoms with Crippen molar-refractivity contribution in [2.45, 2.75) is 0 Å². The van der Waals surface area contributed by atoms with E-state index >= 15 is 0 Å². The molecule has 5 heteroatoms. The molecule has 0 bridgehead atoms. The van der Waals surface area contributed by atoms with E-state index < -0.39 is 0 Å². The topological polar surface area (TPSA) is 43.6 Å². The second kappa shape index (κ2) is 11.6. The minimum Gasteiger partial charge on any atom is -0.307 e. The predicted octanol–water partition coefficient (Wildman–Crippen LogP) is 12.0. The van der Waals surface area contributed by atoms with Gasteiger partial charge in [0.05, 0.1) is 21.4 Å². The van der Waals surface area contributed by atoms with Crippen molar-refractivity contribution >= 4 is 53.3 Å². The van der Waals surface area contributed by atoms with Gasteiger partial charge in [0.1, 0.15) is 0 Å². The Balaban J connectivity index is 1.34. The SMILES string of the molecule is c1ccc(-c2ccc(-c3nc(-c4ccccc4)nc(-c4ccccc4)n3)c(-n3c4ccccc4c4ccc5c6ccccc6sc5c43)c2)cc1. The van der Waals surface area contributed by atoms with E-state index in [1.807, 2.05) is 47.7 Å². The lowest BCUT2D eigenvalue weighted by Gasteiger charge is -2.16. The summed E-state index contributed by atoms with van der Waals surface area (Å²) in [4.78, 5) is 15.4. The van der Waals surface area contributed by atoms with Crippen LogP contribution in [0.15, 0.2) is 170 Å². The highest BCUT2D eigenvalue weighted by molar-refractivity contribution is 7.26. The zero-order chi connectivity index (χ0) is 33.0. The number of benzene rings is 7. The molecule has 0 unspecified atom stereocenters. The Labute approximate surface area is 292 Å². The van der Waals surface area contributed by atoms with Crippen LogP contribution in [0, 0.1) is 0 Å². The maximum atomic E-state index is 5.20. The number of nitrogens with zero attached hydrogens (tertiary/aromatic N) is 4. The zero-order valence-electron chi connectivity index (χ0n) is 26.9. The van der Waals surface area contributed by atoms with E-state index in [1.54, 1.807) is 0 Å². The first-order valence-electron chi connectivity index (χ1n) is 16.7. The fraction of sp³-hybridized carbons (Fsp3) is 0. The molecule has 3 aromatic heterocycles. The normalized spacial score (nSPS) is 11.6. The summed E-state index contributed by atoms with van der Waals surface area (Å²) >= 11 is 1.85. The summed E-state index contributed by atoms with van der Waals surface area (Å²) in [6, 6.07) is 59.6. The van der Waals surface area contributed by atoms with Crippen LogP contribution in [0.5, 0.6) is 0 Å². The largest absolute Gasteiger partial charge is 0.307 e. The number of hydrogen-bond acceptors (Lipinski definition) is 4. The van der Waals surface area contributed by atoms with Gasteiger partial charge in [-0.3, -0.25) is 0 Å². The van der Waals surface area contributed by atoms with Gasteiger partial charge in [-0.2, -0.15) is 0 Å². The molecule has 0 spiro atoms. The Morgan fingerprint density at radius 2 is 0.960 bits per heavy atom. The smallest absolute Gasteiger partial charge is 0.166 e. The molecule has 0 amide bonds. The standard InChI is InChI=1S/C45H28N4S/c1-4-14-29(15-5-1)32-24-25-37(45-47-43(30-16-6-2-7-17-30)46-44(48-45)31-18-8-3-9-19-31)39(28-32)49-38-22-12-10-20-33(38)35-26-27-36-34-21-11-13-23-40(34)50-42(36)41(35)49/h1-28H. The van der Waals surface area contributed by atoms with Crippen molar-refractivity contribution in [1.29, 1.82) is 0 Å². The van der Waals surface area contributed by atoms with Gasteiger partial charge in [0, 0.05) is 42.9 Å². The molecule has 0 saturated heterocycles. The molecule has 0 fully saturated rings. The molecule has 0 atom stereocenters. The Morgan fingerprint density at radius 3 is 1.66 bits per heavy atom. The maximum Gasteiger partial charge on any atom is 0.166 e. The molecule has 234 valence electrons. The third-order valence-corrected chi connectivity index (χ3v) is 10.7. The van der Waals surface area contributed by atoms with Crippen molar-refractivity contribution in [3.05, 3.63) is 170 Å². The molecular formula is C45H28N4S. The van der Waals surface area contributed by atoms with Crippen LogP contribution in [0.3, 0.4) is 0 Å². The van der Waals surface area contributed by atoms with Gasteiger partial charge in [-0.1, -0.05) is 146 Å². The highest BCUT2D eigenvalue weighted by atomic mass is 32.1. The number of aromatic nitrogens is 4. The van der Waals surface area contributed by atoms with Crippen LogP contribution in [0.4, 0.5) is 0 Å². The molecule has 10 rings (SSSR count). The highest BCUT2D eigenvalue weighted by Gasteiger charge is 2.22. The van der Waals surface area contributed by atoms with E-state index in [4.69, 9.17) is 15.0 Å². The van der Waals surface area contributed by atoms with Crippen molar-refractivity contribution in [2.75, 3.05) is 0 Å². The van der Waals surface area contributed by atoms with Gasteiger partial charge < -0.3 is 4.57 Å². The molecule has 4 nitrogen and oxygen atoms in total. The second-order valence-corrected chi connectivity index (χ2v) is 13.5. The molecule has 0 aliphatic heterocycles. The predicted molar refractivity (Wildman–Crippen MR) is 209 cm³/mol. The Kier molecular flexibility index (Phi) is 6.64. The number of para-hydroxylation sites is 1. The monoisotopic (exact) mass is 656 g/mol. The Morgan fingerprint density at radius 1 is 0.400 bits per heavy atom. The molecule has 50 heavy (non-hydrogen) atoms. The molecule has 0 aliphatic carbocycles. The van der Waals surface area contributed by atoms with Crippen LogP contribution < -0.4 is 0 Å². The van der Waals surface area contributed by atoms with Crippen molar-refractivity contribution in [3.63, 3.8) is 0 Å². The third-order valence-electron chi connectivity index (χ3n) is 9.47. The molecule has 0 aliphatic rings. The maximum absolute atomic E-state index is 5.20. The summed E-state index contributed by atoms with van der Waals surface area (Å²) in [5.41, 5.74) is 8.45. The molecule has 0 N–H and O–H groups in total. The third kappa shape index (κ3) is 4.63.